The van der Waals surface area contributed by atoms with E-state index in [2.05, 4.69) is 5.32 Å². The maximum absolute atomic E-state index is 12.3. The summed E-state index contributed by atoms with van der Waals surface area (Å²) in [7, 11) is 1.41. The van der Waals surface area contributed by atoms with Crippen molar-refractivity contribution in [3.63, 3.8) is 0 Å². The van der Waals surface area contributed by atoms with Crippen LogP contribution < -0.4 is 14.8 Å². The number of ketones is 1. The van der Waals surface area contributed by atoms with Gasteiger partial charge in [-0.3, -0.25) is 14.9 Å². The second-order valence-electron chi connectivity index (χ2n) is 5.94. The zero-order valence-electron chi connectivity index (χ0n) is 16.0. The van der Waals surface area contributed by atoms with Crippen LogP contribution >= 0.6 is 12.2 Å². The predicted molar refractivity (Wildman–Crippen MR) is 105 cm³/mol. The summed E-state index contributed by atoms with van der Waals surface area (Å²) in [5, 5.41) is 15.2. The lowest BCUT2D eigenvalue weighted by molar-refractivity contribution is -0.386. The molecule has 0 aromatic heterocycles. The fraction of sp³-hybridized carbons (Fsp3) is 0.444. The molecule has 1 atom stereocenters. The molecule has 0 fully saturated rings. The van der Waals surface area contributed by atoms with E-state index in [9.17, 15) is 14.9 Å². The predicted octanol–water partition coefficient (Wildman–Crippen LogP) is 3.12. The van der Waals surface area contributed by atoms with Crippen LogP contribution in [0.15, 0.2) is 23.4 Å². The Morgan fingerprint density at radius 1 is 1.41 bits per heavy atom. The van der Waals surface area contributed by atoms with Crippen LogP contribution in [0.2, 0.25) is 0 Å². The highest BCUT2D eigenvalue weighted by atomic mass is 32.1. The number of hydrogen-bond donors (Lipinski definition) is 1. The Morgan fingerprint density at radius 3 is 2.56 bits per heavy atom. The van der Waals surface area contributed by atoms with Crippen LogP contribution in [0, 0.1) is 10.1 Å². The van der Waals surface area contributed by atoms with Gasteiger partial charge < -0.3 is 19.7 Å². The smallest absolute Gasteiger partial charge is 0.315 e. The van der Waals surface area contributed by atoms with Gasteiger partial charge in [-0.25, -0.2) is 0 Å². The van der Waals surface area contributed by atoms with Gasteiger partial charge in [0.05, 0.1) is 24.7 Å². The average Bonchev–Trinajstić information content (AvgIpc) is 2.61. The number of carbonyl (C=O) groups excluding carboxylic acids is 1. The third-order valence-corrected chi connectivity index (χ3v) is 4.73. The van der Waals surface area contributed by atoms with Crippen molar-refractivity contribution < 1.29 is 19.2 Å². The minimum atomic E-state index is -0.610. The van der Waals surface area contributed by atoms with Crippen molar-refractivity contribution in [2.75, 3.05) is 20.3 Å². The van der Waals surface area contributed by atoms with E-state index in [0.29, 0.717) is 22.8 Å². The van der Waals surface area contributed by atoms with Crippen LogP contribution in [-0.4, -0.2) is 41.0 Å². The number of benzene rings is 1. The van der Waals surface area contributed by atoms with E-state index < -0.39 is 11.0 Å². The second kappa shape index (κ2) is 8.34. The third-order valence-electron chi connectivity index (χ3n) is 4.39. The molecular weight excluding hydrogens is 370 g/mol. The Hall–Kier alpha value is -2.68. The molecule has 0 aliphatic carbocycles. The van der Waals surface area contributed by atoms with E-state index in [-0.39, 0.29) is 29.6 Å². The molecule has 1 aromatic rings. The summed E-state index contributed by atoms with van der Waals surface area (Å²) >= 11 is 5.41. The fourth-order valence-corrected chi connectivity index (χ4v) is 3.60. The first-order valence-electron chi connectivity index (χ1n) is 8.55. The van der Waals surface area contributed by atoms with Crippen LogP contribution in [0.3, 0.4) is 0 Å². The second-order valence-corrected chi connectivity index (χ2v) is 6.33. The van der Waals surface area contributed by atoms with Gasteiger partial charge in [0.15, 0.2) is 16.6 Å². The van der Waals surface area contributed by atoms with Gasteiger partial charge in [-0.1, -0.05) is 0 Å². The zero-order chi connectivity index (χ0) is 20.3. The lowest BCUT2D eigenvalue weighted by atomic mass is 9.92. The number of carbonyl (C=O) groups is 1. The van der Waals surface area contributed by atoms with Crippen LogP contribution in [0.5, 0.6) is 11.5 Å². The number of nitro benzene ring substituents is 1. The third kappa shape index (κ3) is 3.87. The van der Waals surface area contributed by atoms with E-state index in [1.165, 1.54) is 20.1 Å². The van der Waals surface area contributed by atoms with Crippen LogP contribution in [0.25, 0.3) is 0 Å². The van der Waals surface area contributed by atoms with Crippen molar-refractivity contribution in [1.29, 1.82) is 0 Å². The first-order chi connectivity index (χ1) is 12.8. The zero-order valence-corrected chi connectivity index (χ0v) is 16.8. The standard InChI is InChI=1S/C18H23N3O5S/c1-6-20-10(3)15(11(4)22)16(19-18(20)27)12-8-13(21(23)24)17(26-7-2)14(9-12)25-5/h8-9,16H,6-7H2,1-5H3,(H,19,27). The summed E-state index contributed by atoms with van der Waals surface area (Å²) in [6, 6.07) is 2.42. The van der Waals surface area contributed by atoms with E-state index in [4.69, 9.17) is 21.7 Å². The lowest BCUT2D eigenvalue weighted by Crippen LogP contribution is -2.47. The van der Waals surface area contributed by atoms with E-state index in [1.54, 1.807) is 13.0 Å². The van der Waals surface area contributed by atoms with Crippen LogP contribution in [0.4, 0.5) is 5.69 Å². The first-order valence-corrected chi connectivity index (χ1v) is 8.96. The van der Waals surface area contributed by atoms with Gasteiger partial charge in [0, 0.05) is 23.9 Å². The number of thiocarbonyl (C=S) groups is 1. The summed E-state index contributed by atoms with van der Waals surface area (Å²) in [6.07, 6.45) is 0. The Labute approximate surface area is 163 Å². The van der Waals surface area contributed by atoms with Gasteiger partial charge in [0.2, 0.25) is 5.75 Å². The molecule has 1 heterocycles. The Balaban J connectivity index is 2.70. The number of nitro groups is 1. The molecule has 1 unspecified atom stereocenters. The van der Waals surface area contributed by atoms with Crippen LogP contribution in [0.1, 0.15) is 39.3 Å². The van der Waals surface area contributed by atoms with Crippen molar-refractivity contribution in [2.24, 2.45) is 0 Å². The summed E-state index contributed by atoms with van der Waals surface area (Å²) in [6.45, 7) is 7.81. The molecule has 8 nitrogen and oxygen atoms in total. The first kappa shape index (κ1) is 20.6. The highest BCUT2D eigenvalue weighted by molar-refractivity contribution is 7.80. The quantitative estimate of drug-likeness (QED) is 0.429. The molecule has 9 heteroatoms. The van der Waals surface area contributed by atoms with E-state index in [0.717, 1.165) is 5.70 Å². The minimum Gasteiger partial charge on any atom is -0.493 e. The average molecular weight is 393 g/mol. The molecule has 0 saturated carbocycles. The highest BCUT2D eigenvalue weighted by Gasteiger charge is 2.34. The SMILES string of the molecule is CCOc1c(OC)cc(C2NC(=S)N(CC)C(C)=C2C(C)=O)cc1[N+](=O)[O-]. The molecule has 0 saturated heterocycles. The number of allylic oxidation sites excluding steroid dienone is 1. The molecule has 1 aromatic carbocycles. The molecule has 0 radical (unpaired) electrons. The number of rotatable bonds is 7. The Kier molecular flexibility index (Phi) is 6.37. The monoisotopic (exact) mass is 393 g/mol. The maximum Gasteiger partial charge on any atom is 0.315 e. The van der Waals surface area contributed by atoms with Gasteiger partial charge in [-0.2, -0.15) is 0 Å². The lowest BCUT2D eigenvalue weighted by Gasteiger charge is -2.37. The van der Waals surface area contributed by atoms with E-state index >= 15 is 0 Å². The van der Waals surface area contributed by atoms with Crippen molar-refractivity contribution in [3.05, 3.63) is 39.1 Å². The normalized spacial score (nSPS) is 16.9. The number of ether oxygens (including phenoxy) is 2. The van der Waals surface area contributed by atoms with Gasteiger partial charge in [-0.15, -0.1) is 0 Å². The molecule has 1 aliphatic heterocycles. The highest BCUT2D eigenvalue weighted by Crippen LogP contribution is 2.42. The van der Waals surface area contributed by atoms with Gasteiger partial charge in [0.25, 0.3) is 0 Å². The minimum absolute atomic E-state index is 0.0624. The molecule has 1 N–H and O–H groups in total. The Bertz CT molecular complexity index is 821. The maximum atomic E-state index is 12.3. The van der Waals surface area contributed by atoms with Gasteiger partial charge in [-0.05, 0) is 51.5 Å². The molecule has 1 aliphatic rings. The summed E-state index contributed by atoms with van der Waals surface area (Å²) < 4.78 is 10.7. The summed E-state index contributed by atoms with van der Waals surface area (Å²) in [5.74, 6) is 0.154. The summed E-state index contributed by atoms with van der Waals surface area (Å²) in [5.41, 5.74) is 1.52. The van der Waals surface area contributed by atoms with Crippen molar-refractivity contribution in [3.8, 4) is 11.5 Å². The number of nitrogens with one attached hydrogen (secondary N) is 1. The Morgan fingerprint density at radius 2 is 2.07 bits per heavy atom. The molecule has 27 heavy (non-hydrogen) atoms. The van der Waals surface area contributed by atoms with Gasteiger partial charge in [0.1, 0.15) is 0 Å². The van der Waals surface area contributed by atoms with Crippen molar-refractivity contribution >= 4 is 28.8 Å². The number of hydrogen-bond acceptors (Lipinski definition) is 6. The van der Waals surface area contributed by atoms with Crippen LogP contribution in [-0.2, 0) is 4.79 Å². The fourth-order valence-electron chi connectivity index (χ4n) is 3.22. The topological polar surface area (TPSA) is 93.9 Å². The molecule has 0 spiro atoms. The number of nitrogens with zero attached hydrogens (tertiary/aromatic N) is 2. The van der Waals surface area contributed by atoms with Gasteiger partial charge >= 0.3 is 5.69 Å². The largest absolute Gasteiger partial charge is 0.493 e. The van der Waals surface area contributed by atoms with Crippen molar-refractivity contribution in [1.82, 2.24) is 10.2 Å². The molecule has 2 rings (SSSR count). The number of Topliss-reactive ketones (excluding diaryl/α,β-unsaturated/α-hetero) is 1. The molecule has 0 bridgehead atoms. The molecule has 0 amide bonds. The number of methoxy groups -OCH3 is 1. The van der Waals surface area contributed by atoms with Crippen molar-refractivity contribution in [2.45, 2.75) is 33.7 Å². The van der Waals surface area contributed by atoms with E-state index in [1.807, 2.05) is 18.7 Å². The molecule has 146 valence electrons. The summed E-state index contributed by atoms with van der Waals surface area (Å²) in [4.78, 5) is 25.2. The molecular formula is C18H23N3O5S.